The van der Waals surface area contributed by atoms with Crippen LogP contribution in [-0.2, 0) is 4.79 Å². The first-order chi connectivity index (χ1) is 9.54. The second-order valence-corrected chi connectivity index (χ2v) is 4.94. The number of nitrogens with zero attached hydrogens (tertiary/aromatic N) is 1. The van der Waals surface area contributed by atoms with Crippen LogP contribution in [0.2, 0.25) is 0 Å². The molecule has 0 saturated heterocycles. The van der Waals surface area contributed by atoms with Gasteiger partial charge >= 0.3 is 12.0 Å². The third-order valence-corrected chi connectivity index (χ3v) is 3.32. The normalized spacial score (nSPS) is 11.9. The van der Waals surface area contributed by atoms with E-state index >= 15 is 0 Å². The van der Waals surface area contributed by atoms with E-state index < -0.39 is 5.97 Å². The number of amides is 2. The maximum absolute atomic E-state index is 11.9. The summed E-state index contributed by atoms with van der Waals surface area (Å²) in [5.41, 5.74) is 0. The molecular formula is C14H28N2O4. The zero-order chi connectivity index (χ0) is 15.4. The fourth-order valence-corrected chi connectivity index (χ4v) is 2.08. The smallest absolute Gasteiger partial charge is 0.317 e. The molecule has 0 aliphatic rings. The zero-order valence-electron chi connectivity index (χ0n) is 12.6. The van der Waals surface area contributed by atoms with E-state index in [0.29, 0.717) is 32.0 Å². The van der Waals surface area contributed by atoms with Crippen molar-refractivity contribution in [2.24, 2.45) is 5.92 Å². The number of aliphatic hydroxyl groups is 1. The molecule has 118 valence electrons. The summed E-state index contributed by atoms with van der Waals surface area (Å²) in [7, 11) is 0. The number of carboxylic acids is 1. The van der Waals surface area contributed by atoms with Crippen molar-refractivity contribution in [3.8, 4) is 0 Å². The number of aliphatic hydroxyl groups excluding tert-OH is 1. The van der Waals surface area contributed by atoms with Gasteiger partial charge in [0.2, 0.25) is 0 Å². The molecule has 0 bridgehead atoms. The summed E-state index contributed by atoms with van der Waals surface area (Å²) in [6.07, 6.45) is 3.38. The number of nitrogens with one attached hydrogen (secondary N) is 1. The van der Waals surface area contributed by atoms with Gasteiger partial charge in [-0.2, -0.15) is 0 Å². The lowest BCUT2D eigenvalue weighted by Gasteiger charge is -2.22. The monoisotopic (exact) mass is 288 g/mol. The summed E-state index contributed by atoms with van der Waals surface area (Å²) in [5.74, 6) is -0.451. The van der Waals surface area contributed by atoms with E-state index in [1.54, 1.807) is 4.90 Å². The van der Waals surface area contributed by atoms with Crippen molar-refractivity contribution in [3.63, 3.8) is 0 Å². The van der Waals surface area contributed by atoms with Crippen molar-refractivity contribution in [3.05, 3.63) is 0 Å². The number of aliphatic carboxylic acids is 1. The summed E-state index contributed by atoms with van der Waals surface area (Å²) in [6, 6.07) is -0.158. The van der Waals surface area contributed by atoms with Gasteiger partial charge in [-0.05, 0) is 25.2 Å². The number of rotatable bonds is 11. The minimum absolute atomic E-state index is 0.0381. The van der Waals surface area contributed by atoms with Gasteiger partial charge in [-0.3, -0.25) is 4.79 Å². The molecule has 0 aromatic rings. The van der Waals surface area contributed by atoms with Gasteiger partial charge in [0.1, 0.15) is 0 Å². The Morgan fingerprint density at radius 1 is 1.20 bits per heavy atom. The van der Waals surface area contributed by atoms with E-state index in [4.69, 9.17) is 10.2 Å². The Kier molecular flexibility index (Phi) is 10.8. The highest BCUT2D eigenvalue weighted by atomic mass is 16.4. The van der Waals surface area contributed by atoms with Crippen LogP contribution in [0.3, 0.4) is 0 Å². The minimum Gasteiger partial charge on any atom is -0.481 e. The molecule has 0 aromatic carbocycles. The quantitative estimate of drug-likeness (QED) is 0.539. The predicted octanol–water partition coefficient (Wildman–Crippen LogP) is 1.68. The number of hydrogen-bond acceptors (Lipinski definition) is 3. The van der Waals surface area contributed by atoms with Crippen LogP contribution in [0.5, 0.6) is 0 Å². The molecule has 0 aliphatic heterocycles. The molecule has 0 spiro atoms. The Hall–Kier alpha value is -1.30. The highest BCUT2D eigenvalue weighted by Crippen LogP contribution is 2.14. The molecule has 1 unspecified atom stereocenters. The third-order valence-electron chi connectivity index (χ3n) is 3.32. The minimum atomic E-state index is -0.774. The summed E-state index contributed by atoms with van der Waals surface area (Å²) in [6.45, 7) is 5.49. The van der Waals surface area contributed by atoms with Crippen LogP contribution in [0.1, 0.15) is 46.0 Å². The van der Waals surface area contributed by atoms with Crippen molar-refractivity contribution in [2.45, 2.75) is 46.0 Å². The number of carboxylic acid groups (broad SMARTS) is 1. The number of urea groups is 1. The maximum Gasteiger partial charge on any atom is 0.317 e. The Labute approximate surface area is 121 Å². The van der Waals surface area contributed by atoms with Gasteiger partial charge in [0, 0.05) is 26.1 Å². The molecule has 0 radical (unpaired) electrons. The first-order valence-corrected chi connectivity index (χ1v) is 7.40. The molecule has 1 atom stereocenters. The van der Waals surface area contributed by atoms with Crippen LogP contribution in [0.15, 0.2) is 0 Å². The zero-order valence-corrected chi connectivity index (χ0v) is 12.6. The highest BCUT2D eigenvalue weighted by Gasteiger charge is 2.13. The SMILES string of the molecule is CCCN(CCO)C(=O)NCCC(CC)CCC(=O)O. The van der Waals surface area contributed by atoms with Gasteiger partial charge in [0.15, 0.2) is 0 Å². The second kappa shape index (κ2) is 11.5. The Bertz CT molecular complexity index is 278. The average Bonchev–Trinajstić information content (AvgIpc) is 2.41. The summed E-state index contributed by atoms with van der Waals surface area (Å²) in [5, 5.41) is 20.4. The van der Waals surface area contributed by atoms with Crippen molar-refractivity contribution in [1.82, 2.24) is 10.2 Å². The number of hydrogen-bond donors (Lipinski definition) is 3. The van der Waals surface area contributed by atoms with E-state index in [1.165, 1.54) is 0 Å². The van der Waals surface area contributed by atoms with E-state index in [0.717, 1.165) is 19.3 Å². The molecule has 0 rings (SSSR count). The van der Waals surface area contributed by atoms with Crippen LogP contribution in [0.25, 0.3) is 0 Å². The first kappa shape index (κ1) is 18.7. The number of carbonyl (C=O) groups is 2. The van der Waals surface area contributed by atoms with E-state index in [1.807, 2.05) is 13.8 Å². The molecule has 0 heterocycles. The van der Waals surface area contributed by atoms with Gasteiger partial charge in [-0.1, -0.05) is 20.3 Å². The average molecular weight is 288 g/mol. The molecule has 0 aliphatic carbocycles. The Morgan fingerprint density at radius 2 is 1.90 bits per heavy atom. The van der Waals surface area contributed by atoms with Gasteiger partial charge in [0.25, 0.3) is 0 Å². The molecule has 0 aromatic heterocycles. The Balaban J connectivity index is 3.99. The predicted molar refractivity (Wildman–Crippen MR) is 77.6 cm³/mol. The van der Waals surface area contributed by atoms with Crippen LogP contribution >= 0.6 is 0 Å². The van der Waals surface area contributed by atoms with Crippen molar-refractivity contribution in [2.75, 3.05) is 26.2 Å². The van der Waals surface area contributed by atoms with Gasteiger partial charge in [-0.25, -0.2) is 4.79 Å². The van der Waals surface area contributed by atoms with Crippen molar-refractivity contribution in [1.29, 1.82) is 0 Å². The molecule has 3 N–H and O–H groups in total. The topological polar surface area (TPSA) is 89.9 Å². The fourth-order valence-electron chi connectivity index (χ4n) is 2.08. The second-order valence-electron chi connectivity index (χ2n) is 4.94. The van der Waals surface area contributed by atoms with Crippen LogP contribution < -0.4 is 5.32 Å². The van der Waals surface area contributed by atoms with Gasteiger partial charge < -0.3 is 20.4 Å². The van der Waals surface area contributed by atoms with E-state index in [-0.39, 0.29) is 19.1 Å². The van der Waals surface area contributed by atoms with Crippen molar-refractivity contribution >= 4 is 12.0 Å². The van der Waals surface area contributed by atoms with E-state index in [2.05, 4.69) is 5.32 Å². The molecular weight excluding hydrogens is 260 g/mol. The Morgan fingerprint density at radius 3 is 2.40 bits per heavy atom. The van der Waals surface area contributed by atoms with Crippen LogP contribution in [0, 0.1) is 5.92 Å². The lowest BCUT2D eigenvalue weighted by Crippen LogP contribution is -2.42. The molecule has 6 heteroatoms. The molecule has 0 fully saturated rings. The molecule has 0 saturated carbocycles. The van der Waals surface area contributed by atoms with Gasteiger partial charge in [-0.15, -0.1) is 0 Å². The van der Waals surface area contributed by atoms with Crippen LogP contribution in [0.4, 0.5) is 4.79 Å². The standard InChI is InChI=1S/C14H28N2O4/c1-3-9-16(10-11-17)14(20)15-8-7-12(4-2)5-6-13(18)19/h12,17H,3-11H2,1-2H3,(H,15,20)(H,18,19). The van der Waals surface area contributed by atoms with Crippen LogP contribution in [-0.4, -0.2) is 53.4 Å². The van der Waals surface area contributed by atoms with E-state index in [9.17, 15) is 9.59 Å². The highest BCUT2D eigenvalue weighted by molar-refractivity contribution is 5.74. The lowest BCUT2D eigenvalue weighted by atomic mass is 9.97. The largest absolute Gasteiger partial charge is 0.481 e. The summed E-state index contributed by atoms with van der Waals surface area (Å²) < 4.78 is 0. The fraction of sp³-hybridized carbons (Fsp3) is 0.857. The third kappa shape index (κ3) is 8.74. The molecule has 20 heavy (non-hydrogen) atoms. The van der Waals surface area contributed by atoms with Gasteiger partial charge in [0.05, 0.1) is 6.61 Å². The number of carbonyl (C=O) groups excluding carboxylic acids is 1. The molecule has 2 amide bonds. The maximum atomic E-state index is 11.9. The first-order valence-electron chi connectivity index (χ1n) is 7.40. The summed E-state index contributed by atoms with van der Waals surface area (Å²) >= 11 is 0. The molecule has 6 nitrogen and oxygen atoms in total. The lowest BCUT2D eigenvalue weighted by molar-refractivity contribution is -0.137. The van der Waals surface area contributed by atoms with Crippen molar-refractivity contribution < 1.29 is 19.8 Å². The summed E-state index contributed by atoms with van der Waals surface area (Å²) in [4.78, 5) is 24.0.